The summed E-state index contributed by atoms with van der Waals surface area (Å²) in [5.41, 5.74) is 3.01. The van der Waals surface area contributed by atoms with E-state index in [4.69, 9.17) is 4.74 Å². The average Bonchev–Trinajstić information content (AvgIpc) is 2.70. The van der Waals surface area contributed by atoms with Gasteiger partial charge in [-0.05, 0) is 42.2 Å². The number of hydrogen-bond donors (Lipinski definition) is 1. The fourth-order valence-electron chi connectivity index (χ4n) is 3.53. The predicted octanol–water partition coefficient (Wildman–Crippen LogP) is 4.39. The topological polar surface area (TPSA) is 55.4 Å². The average molecular weight is 371 g/mol. The third kappa shape index (κ3) is 3.54. The van der Waals surface area contributed by atoms with Gasteiger partial charge in [-0.1, -0.05) is 66.7 Å². The third-order valence-corrected chi connectivity index (χ3v) is 5.07. The minimum Gasteiger partial charge on any atom is -0.445 e. The lowest BCUT2D eigenvalue weighted by Crippen LogP contribution is -2.49. The van der Waals surface area contributed by atoms with Crippen molar-refractivity contribution in [1.29, 1.82) is 0 Å². The van der Waals surface area contributed by atoms with Crippen molar-refractivity contribution in [1.82, 2.24) is 0 Å². The molecule has 0 bridgehead atoms. The lowest BCUT2D eigenvalue weighted by molar-refractivity contribution is -0.134. The molecule has 0 spiro atoms. The van der Waals surface area contributed by atoms with Gasteiger partial charge in [0.2, 0.25) is 0 Å². The molecule has 4 heteroatoms. The van der Waals surface area contributed by atoms with E-state index in [0.717, 1.165) is 22.4 Å². The Labute approximate surface area is 164 Å². The van der Waals surface area contributed by atoms with Crippen molar-refractivity contribution in [2.75, 3.05) is 5.32 Å². The SMILES string of the molecule is CC1(C(=O)Nc2ccccc2Cc2ccccc2)Cc2ccccc2C(=O)O1. The van der Waals surface area contributed by atoms with Gasteiger partial charge in [-0.15, -0.1) is 0 Å². The predicted molar refractivity (Wildman–Crippen MR) is 108 cm³/mol. The van der Waals surface area contributed by atoms with Crippen LogP contribution in [-0.4, -0.2) is 17.5 Å². The second kappa shape index (κ2) is 7.31. The van der Waals surface area contributed by atoms with Crippen molar-refractivity contribution in [2.45, 2.75) is 25.4 Å². The van der Waals surface area contributed by atoms with Crippen LogP contribution < -0.4 is 5.32 Å². The maximum absolute atomic E-state index is 13.1. The summed E-state index contributed by atoms with van der Waals surface area (Å²) in [6.07, 6.45) is 1.05. The van der Waals surface area contributed by atoms with Gasteiger partial charge in [0, 0.05) is 12.1 Å². The Morgan fingerprint density at radius 2 is 1.64 bits per heavy atom. The number of anilines is 1. The molecule has 1 atom stereocenters. The third-order valence-electron chi connectivity index (χ3n) is 5.07. The highest BCUT2D eigenvalue weighted by Gasteiger charge is 2.42. The summed E-state index contributed by atoms with van der Waals surface area (Å²) < 4.78 is 5.54. The molecule has 0 saturated carbocycles. The van der Waals surface area contributed by atoms with Gasteiger partial charge in [0.05, 0.1) is 5.56 Å². The Bertz CT molecular complexity index is 1030. The van der Waals surface area contributed by atoms with Crippen molar-refractivity contribution < 1.29 is 14.3 Å². The van der Waals surface area contributed by atoms with Gasteiger partial charge in [0.25, 0.3) is 5.91 Å². The van der Waals surface area contributed by atoms with Crippen molar-refractivity contribution in [2.24, 2.45) is 0 Å². The van der Waals surface area contributed by atoms with Crippen molar-refractivity contribution >= 4 is 17.6 Å². The lowest BCUT2D eigenvalue weighted by Gasteiger charge is -2.33. The van der Waals surface area contributed by atoms with Crippen molar-refractivity contribution in [3.8, 4) is 0 Å². The van der Waals surface area contributed by atoms with Crippen LogP contribution in [0.3, 0.4) is 0 Å². The number of hydrogen-bond acceptors (Lipinski definition) is 3. The summed E-state index contributed by atoms with van der Waals surface area (Å²) in [6.45, 7) is 1.66. The summed E-state index contributed by atoms with van der Waals surface area (Å²) in [6, 6.07) is 25.0. The van der Waals surface area contributed by atoms with Crippen molar-refractivity contribution in [3.05, 3.63) is 101 Å². The molecule has 1 unspecified atom stereocenters. The monoisotopic (exact) mass is 371 g/mol. The van der Waals surface area contributed by atoms with Gasteiger partial charge >= 0.3 is 5.97 Å². The molecule has 1 N–H and O–H groups in total. The molecular weight excluding hydrogens is 350 g/mol. The van der Waals surface area contributed by atoms with Gasteiger partial charge in [0.1, 0.15) is 0 Å². The van der Waals surface area contributed by atoms with Gasteiger partial charge in [-0.3, -0.25) is 4.79 Å². The van der Waals surface area contributed by atoms with E-state index in [-0.39, 0.29) is 5.91 Å². The fraction of sp³-hybridized carbons (Fsp3) is 0.167. The van der Waals surface area contributed by atoms with E-state index in [1.165, 1.54) is 0 Å². The van der Waals surface area contributed by atoms with Crippen LogP contribution in [0.1, 0.15) is 34.0 Å². The maximum atomic E-state index is 13.1. The largest absolute Gasteiger partial charge is 0.445 e. The lowest BCUT2D eigenvalue weighted by atomic mass is 9.89. The van der Waals surface area contributed by atoms with Crippen molar-refractivity contribution in [3.63, 3.8) is 0 Å². The van der Waals surface area contributed by atoms with Crippen LogP contribution in [0.4, 0.5) is 5.69 Å². The van der Waals surface area contributed by atoms with E-state index in [1.54, 1.807) is 19.1 Å². The first-order chi connectivity index (χ1) is 13.5. The minimum atomic E-state index is -1.24. The highest BCUT2D eigenvalue weighted by molar-refractivity contribution is 6.02. The molecule has 28 heavy (non-hydrogen) atoms. The molecular formula is C24H21NO3. The highest BCUT2D eigenvalue weighted by Crippen LogP contribution is 2.30. The van der Waals surface area contributed by atoms with E-state index >= 15 is 0 Å². The van der Waals surface area contributed by atoms with E-state index in [0.29, 0.717) is 18.4 Å². The summed E-state index contributed by atoms with van der Waals surface area (Å²) in [4.78, 5) is 25.4. The maximum Gasteiger partial charge on any atom is 0.339 e. The number of rotatable bonds is 4. The fourth-order valence-corrected chi connectivity index (χ4v) is 3.53. The highest BCUT2D eigenvalue weighted by atomic mass is 16.6. The molecule has 0 aliphatic carbocycles. The minimum absolute atomic E-state index is 0.323. The van der Waals surface area contributed by atoms with E-state index in [1.807, 2.05) is 54.6 Å². The first kappa shape index (κ1) is 18.0. The molecule has 4 rings (SSSR count). The number of fused-ring (bicyclic) bond motifs is 1. The summed E-state index contributed by atoms with van der Waals surface area (Å²) >= 11 is 0. The number of para-hydroxylation sites is 1. The number of nitrogens with one attached hydrogen (secondary N) is 1. The summed E-state index contributed by atoms with van der Waals surface area (Å²) in [7, 11) is 0. The standard InChI is InChI=1S/C24H21NO3/c1-24(16-19-12-5-7-13-20(19)22(26)28-24)23(27)25-21-14-8-6-11-18(21)15-17-9-3-2-4-10-17/h2-14H,15-16H2,1H3,(H,25,27). The number of cyclic esters (lactones) is 1. The molecule has 1 aliphatic heterocycles. The molecule has 3 aromatic carbocycles. The molecule has 1 amide bonds. The number of ether oxygens (including phenoxy) is 1. The molecule has 1 aliphatic rings. The smallest absolute Gasteiger partial charge is 0.339 e. The van der Waals surface area contributed by atoms with E-state index < -0.39 is 11.6 Å². The summed E-state index contributed by atoms with van der Waals surface area (Å²) in [5.74, 6) is -0.784. The van der Waals surface area contributed by atoms with Crippen LogP contribution in [0.2, 0.25) is 0 Å². The second-order valence-corrected chi connectivity index (χ2v) is 7.23. The zero-order chi connectivity index (χ0) is 19.6. The molecule has 140 valence electrons. The number of benzene rings is 3. The molecule has 0 aromatic heterocycles. The first-order valence-electron chi connectivity index (χ1n) is 9.30. The van der Waals surface area contributed by atoms with Gasteiger partial charge < -0.3 is 10.1 Å². The first-order valence-corrected chi connectivity index (χ1v) is 9.30. The number of esters is 1. The Hall–Kier alpha value is -3.40. The van der Waals surface area contributed by atoms with Gasteiger partial charge in [-0.2, -0.15) is 0 Å². The van der Waals surface area contributed by atoms with Gasteiger partial charge in [0.15, 0.2) is 5.60 Å². The van der Waals surface area contributed by atoms with Crippen LogP contribution in [0.25, 0.3) is 0 Å². The quantitative estimate of drug-likeness (QED) is 0.692. The molecule has 0 fully saturated rings. The molecule has 4 nitrogen and oxygen atoms in total. The number of amides is 1. The van der Waals surface area contributed by atoms with Gasteiger partial charge in [-0.25, -0.2) is 4.79 Å². The van der Waals surface area contributed by atoms with Crippen LogP contribution in [-0.2, 0) is 22.4 Å². The Balaban J connectivity index is 1.57. The normalized spacial score (nSPS) is 18.1. The molecule has 3 aromatic rings. The zero-order valence-corrected chi connectivity index (χ0v) is 15.6. The summed E-state index contributed by atoms with van der Waals surface area (Å²) in [5, 5.41) is 2.98. The number of carbonyl (C=O) groups is 2. The zero-order valence-electron chi connectivity index (χ0n) is 15.6. The number of carbonyl (C=O) groups excluding carboxylic acids is 2. The van der Waals surface area contributed by atoms with E-state index in [2.05, 4.69) is 17.4 Å². The van der Waals surface area contributed by atoms with Crippen LogP contribution in [0.5, 0.6) is 0 Å². The molecule has 1 heterocycles. The van der Waals surface area contributed by atoms with E-state index in [9.17, 15) is 9.59 Å². The Morgan fingerprint density at radius 3 is 2.46 bits per heavy atom. The van der Waals surface area contributed by atoms with Crippen LogP contribution >= 0.6 is 0 Å². The molecule has 0 saturated heterocycles. The Morgan fingerprint density at radius 1 is 0.964 bits per heavy atom. The molecule has 0 radical (unpaired) electrons. The van der Waals surface area contributed by atoms with Crippen LogP contribution in [0, 0.1) is 0 Å². The second-order valence-electron chi connectivity index (χ2n) is 7.23. The van der Waals surface area contributed by atoms with Crippen LogP contribution in [0.15, 0.2) is 78.9 Å². The Kier molecular flexibility index (Phi) is 4.70.